The van der Waals surface area contributed by atoms with E-state index in [1.165, 1.54) is 0 Å². The van der Waals surface area contributed by atoms with E-state index in [1.807, 2.05) is 13.0 Å². The SMILES string of the molecule is C#Cc1cccc(OCC)n1. The maximum Gasteiger partial charge on any atom is 0.214 e. The van der Waals surface area contributed by atoms with Crippen LogP contribution in [0, 0.1) is 12.3 Å². The van der Waals surface area contributed by atoms with E-state index in [-0.39, 0.29) is 0 Å². The van der Waals surface area contributed by atoms with E-state index < -0.39 is 0 Å². The monoisotopic (exact) mass is 147 g/mol. The molecule has 56 valence electrons. The first-order valence-corrected chi connectivity index (χ1v) is 3.43. The minimum Gasteiger partial charge on any atom is -0.478 e. The molecule has 0 amide bonds. The minimum absolute atomic E-state index is 0.586. The maximum atomic E-state index is 5.15. The van der Waals surface area contributed by atoms with Gasteiger partial charge in [0.05, 0.1) is 6.61 Å². The molecule has 0 radical (unpaired) electrons. The van der Waals surface area contributed by atoms with Crippen molar-refractivity contribution in [2.45, 2.75) is 6.92 Å². The predicted octanol–water partition coefficient (Wildman–Crippen LogP) is 1.46. The summed E-state index contributed by atoms with van der Waals surface area (Å²) in [5.41, 5.74) is 0.607. The van der Waals surface area contributed by atoms with E-state index in [9.17, 15) is 0 Å². The van der Waals surface area contributed by atoms with Gasteiger partial charge in [-0.3, -0.25) is 0 Å². The zero-order chi connectivity index (χ0) is 8.10. The molecule has 2 nitrogen and oxygen atoms in total. The molecule has 0 spiro atoms. The molecular weight excluding hydrogens is 138 g/mol. The summed E-state index contributed by atoms with van der Waals surface area (Å²) in [6, 6.07) is 5.38. The lowest BCUT2D eigenvalue weighted by atomic mass is 10.4. The second-order valence-electron chi connectivity index (χ2n) is 1.94. The van der Waals surface area contributed by atoms with E-state index in [1.54, 1.807) is 12.1 Å². The van der Waals surface area contributed by atoms with Crippen molar-refractivity contribution in [1.82, 2.24) is 4.98 Å². The van der Waals surface area contributed by atoms with Crippen molar-refractivity contribution in [3.8, 4) is 18.2 Å². The lowest BCUT2D eigenvalue weighted by molar-refractivity contribution is 0.326. The Morgan fingerprint density at radius 3 is 3.09 bits per heavy atom. The van der Waals surface area contributed by atoms with Crippen LogP contribution in [0.5, 0.6) is 5.88 Å². The molecule has 0 aliphatic rings. The molecule has 11 heavy (non-hydrogen) atoms. The van der Waals surface area contributed by atoms with Gasteiger partial charge in [0.2, 0.25) is 5.88 Å². The number of aromatic nitrogens is 1. The normalized spacial score (nSPS) is 8.73. The van der Waals surface area contributed by atoms with E-state index in [2.05, 4.69) is 10.9 Å². The van der Waals surface area contributed by atoms with Crippen molar-refractivity contribution < 1.29 is 4.74 Å². The Bertz CT molecular complexity index is 275. The van der Waals surface area contributed by atoms with E-state index in [0.717, 1.165) is 0 Å². The highest BCUT2D eigenvalue weighted by molar-refractivity contribution is 5.27. The van der Waals surface area contributed by atoms with Crippen LogP contribution in [0.4, 0.5) is 0 Å². The van der Waals surface area contributed by atoms with Crippen LogP contribution in [-0.4, -0.2) is 11.6 Å². The summed E-state index contributed by atoms with van der Waals surface area (Å²) in [4.78, 5) is 4.02. The van der Waals surface area contributed by atoms with Crippen molar-refractivity contribution in [1.29, 1.82) is 0 Å². The van der Waals surface area contributed by atoms with Crippen LogP contribution >= 0.6 is 0 Å². The number of ether oxygens (including phenoxy) is 1. The van der Waals surface area contributed by atoms with Crippen LogP contribution < -0.4 is 4.74 Å². The Morgan fingerprint density at radius 1 is 1.64 bits per heavy atom. The quantitative estimate of drug-likeness (QED) is 0.591. The first-order chi connectivity index (χ1) is 5.36. The van der Waals surface area contributed by atoms with E-state index in [4.69, 9.17) is 11.2 Å². The third-order valence-electron chi connectivity index (χ3n) is 1.16. The van der Waals surface area contributed by atoms with Crippen LogP contribution in [0.1, 0.15) is 12.6 Å². The Hall–Kier alpha value is -1.49. The molecule has 0 bridgehead atoms. The molecule has 0 aliphatic carbocycles. The van der Waals surface area contributed by atoms with Crippen molar-refractivity contribution in [2.75, 3.05) is 6.61 Å². The van der Waals surface area contributed by atoms with Gasteiger partial charge >= 0.3 is 0 Å². The van der Waals surface area contributed by atoms with Gasteiger partial charge in [-0.25, -0.2) is 4.98 Å². The highest BCUT2D eigenvalue weighted by atomic mass is 16.5. The predicted molar refractivity (Wildman–Crippen MR) is 43.3 cm³/mol. The summed E-state index contributed by atoms with van der Waals surface area (Å²) in [5.74, 6) is 3.02. The Balaban J connectivity index is 2.85. The highest BCUT2D eigenvalue weighted by Crippen LogP contribution is 2.05. The van der Waals surface area contributed by atoms with Crippen molar-refractivity contribution in [3.05, 3.63) is 23.9 Å². The van der Waals surface area contributed by atoms with Gasteiger partial charge in [0, 0.05) is 6.07 Å². The second-order valence-corrected chi connectivity index (χ2v) is 1.94. The average molecular weight is 147 g/mol. The molecule has 0 saturated heterocycles. The summed E-state index contributed by atoms with van der Waals surface area (Å²) in [5, 5.41) is 0. The fourth-order valence-corrected chi connectivity index (χ4v) is 0.723. The van der Waals surface area contributed by atoms with Gasteiger partial charge in [0.15, 0.2) is 0 Å². The van der Waals surface area contributed by atoms with Crippen LogP contribution in [0.3, 0.4) is 0 Å². The topological polar surface area (TPSA) is 22.1 Å². The Kier molecular flexibility index (Phi) is 2.51. The Morgan fingerprint density at radius 2 is 2.45 bits per heavy atom. The summed E-state index contributed by atoms with van der Waals surface area (Å²) in [6.07, 6.45) is 5.15. The number of pyridine rings is 1. The average Bonchev–Trinajstić information content (AvgIpc) is 2.06. The summed E-state index contributed by atoms with van der Waals surface area (Å²) < 4.78 is 5.14. The lowest BCUT2D eigenvalue weighted by Gasteiger charge is -2.00. The van der Waals surface area contributed by atoms with Gasteiger partial charge < -0.3 is 4.74 Å². The molecule has 1 aromatic heterocycles. The van der Waals surface area contributed by atoms with Gasteiger partial charge in [-0.05, 0) is 13.0 Å². The van der Waals surface area contributed by atoms with Crippen LogP contribution in [-0.2, 0) is 0 Å². The number of hydrogen-bond donors (Lipinski definition) is 0. The first-order valence-electron chi connectivity index (χ1n) is 3.43. The lowest BCUT2D eigenvalue weighted by Crippen LogP contribution is -1.94. The maximum absolute atomic E-state index is 5.15. The van der Waals surface area contributed by atoms with Gasteiger partial charge in [0.25, 0.3) is 0 Å². The molecule has 0 saturated carbocycles. The molecule has 0 N–H and O–H groups in total. The summed E-state index contributed by atoms with van der Waals surface area (Å²) >= 11 is 0. The largest absolute Gasteiger partial charge is 0.478 e. The summed E-state index contributed by atoms with van der Waals surface area (Å²) in [6.45, 7) is 2.52. The summed E-state index contributed by atoms with van der Waals surface area (Å²) in [7, 11) is 0. The van der Waals surface area contributed by atoms with Crippen LogP contribution in [0.25, 0.3) is 0 Å². The molecule has 0 fully saturated rings. The molecule has 0 aromatic carbocycles. The van der Waals surface area contributed by atoms with Gasteiger partial charge in [-0.15, -0.1) is 6.42 Å². The molecule has 0 unspecified atom stereocenters. The van der Waals surface area contributed by atoms with E-state index in [0.29, 0.717) is 18.2 Å². The molecular formula is C9H9NO. The molecule has 2 heteroatoms. The zero-order valence-corrected chi connectivity index (χ0v) is 6.37. The zero-order valence-electron chi connectivity index (χ0n) is 6.37. The molecule has 1 aromatic rings. The first kappa shape index (κ1) is 7.62. The molecule has 1 rings (SSSR count). The van der Waals surface area contributed by atoms with Gasteiger partial charge in [-0.1, -0.05) is 12.0 Å². The number of rotatable bonds is 2. The Labute approximate surface area is 66.2 Å². The molecule has 0 atom stereocenters. The van der Waals surface area contributed by atoms with Crippen LogP contribution in [0.15, 0.2) is 18.2 Å². The van der Waals surface area contributed by atoms with Crippen molar-refractivity contribution >= 4 is 0 Å². The van der Waals surface area contributed by atoms with Gasteiger partial charge in [-0.2, -0.15) is 0 Å². The smallest absolute Gasteiger partial charge is 0.214 e. The minimum atomic E-state index is 0.586. The standard InChI is InChI=1S/C9H9NO/c1-3-8-6-5-7-9(10-8)11-4-2/h1,5-7H,4H2,2H3. The van der Waals surface area contributed by atoms with Crippen molar-refractivity contribution in [3.63, 3.8) is 0 Å². The van der Waals surface area contributed by atoms with E-state index >= 15 is 0 Å². The number of nitrogens with zero attached hydrogens (tertiary/aromatic N) is 1. The fourth-order valence-electron chi connectivity index (χ4n) is 0.723. The third kappa shape index (κ3) is 1.98. The number of terminal acetylenes is 1. The van der Waals surface area contributed by atoms with Crippen molar-refractivity contribution in [2.24, 2.45) is 0 Å². The fraction of sp³-hybridized carbons (Fsp3) is 0.222. The van der Waals surface area contributed by atoms with Gasteiger partial charge in [0.1, 0.15) is 5.69 Å². The molecule has 0 aliphatic heterocycles. The third-order valence-corrected chi connectivity index (χ3v) is 1.16. The molecule has 1 heterocycles. The highest BCUT2D eigenvalue weighted by Gasteiger charge is 1.92. The number of hydrogen-bond acceptors (Lipinski definition) is 2. The van der Waals surface area contributed by atoms with Crippen LogP contribution in [0.2, 0.25) is 0 Å². The second kappa shape index (κ2) is 3.62.